The summed E-state index contributed by atoms with van der Waals surface area (Å²) in [6, 6.07) is 20.8. The Bertz CT molecular complexity index is 1310. The van der Waals surface area contributed by atoms with Crippen LogP contribution < -0.4 is 9.47 Å². The minimum atomic E-state index is -1.03. The number of carbonyl (C=O) groups excluding carboxylic acids is 3. The zero-order chi connectivity index (χ0) is 28.0. The van der Waals surface area contributed by atoms with Crippen molar-refractivity contribution in [2.24, 2.45) is 0 Å². The molecule has 0 radical (unpaired) electrons. The number of rotatable bonds is 7. The summed E-state index contributed by atoms with van der Waals surface area (Å²) in [4.78, 5) is 39.5. The maximum absolute atomic E-state index is 12.9. The molecule has 1 heterocycles. The first-order chi connectivity index (χ1) is 18.6. The van der Waals surface area contributed by atoms with Gasteiger partial charge in [-0.1, -0.05) is 36.4 Å². The lowest BCUT2D eigenvalue weighted by Crippen LogP contribution is -2.39. The molecule has 0 fully saturated rings. The summed E-state index contributed by atoms with van der Waals surface area (Å²) in [5, 5.41) is 0. The lowest BCUT2D eigenvalue weighted by Gasteiger charge is -2.31. The molecule has 39 heavy (non-hydrogen) atoms. The van der Waals surface area contributed by atoms with Gasteiger partial charge in [0.2, 0.25) is 6.10 Å². The van der Waals surface area contributed by atoms with E-state index in [0.717, 1.165) is 11.1 Å². The SMILES string of the molecule is CCOC(=O)C(Oc1ccc2c(c1)CN(C(=O)OC(C)(C)C)CC2)c1ccc(OC(=O)c2ccccc2)cc1. The number of amides is 1. The van der Waals surface area contributed by atoms with Crippen LogP contribution in [0.15, 0.2) is 72.8 Å². The highest BCUT2D eigenvalue weighted by atomic mass is 16.6. The fraction of sp³-hybridized carbons (Fsp3) is 0.323. The molecule has 8 nitrogen and oxygen atoms in total. The zero-order valence-electron chi connectivity index (χ0n) is 22.6. The quantitative estimate of drug-likeness (QED) is 0.278. The van der Waals surface area contributed by atoms with Gasteiger partial charge < -0.3 is 23.8 Å². The number of hydrogen-bond acceptors (Lipinski definition) is 7. The fourth-order valence-electron chi connectivity index (χ4n) is 4.15. The molecule has 1 aliphatic rings. The van der Waals surface area contributed by atoms with E-state index in [1.54, 1.807) is 60.4 Å². The van der Waals surface area contributed by atoms with Crippen molar-refractivity contribution in [3.05, 3.63) is 95.1 Å². The van der Waals surface area contributed by atoms with Crippen LogP contribution in [0, 0.1) is 0 Å². The van der Waals surface area contributed by atoms with Gasteiger partial charge in [-0.3, -0.25) is 0 Å². The molecule has 0 saturated heterocycles. The second-order valence-electron chi connectivity index (χ2n) is 10.2. The third-order valence-corrected chi connectivity index (χ3v) is 6.00. The van der Waals surface area contributed by atoms with Crippen LogP contribution in [-0.2, 0) is 27.2 Å². The maximum atomic E-state index is 12.9. The van der Waals surface area contributed by atoms with Gasteiger partial charge in [0.1, 0.15) is 17.1 Å². The minimum Gasteiger partial charge on any atom is -0.474 e. The smallest absolute Gasteiger partial charge is 0.410 e. The van der Waals surface area contributed by atoms with Crippen molar-refractivity contribution >= 4 is 18.0 Å². The molecule has 0 spiro atoms. The number of ether oxygens (including phenoxy) is 4. The molecule has 3 aromatic rings. The average Bonchev–Trinajstić information content (AvgIpc) is 2.91. The molecular formula is C31H33NO7. The fourth-order valence-corrected chi connectivity index (χ4v) is 4.15. The molecule has 204 valence electrons. The highest BCUT2D eigenvalue weighted by Gasteiger charge is 2.28. The van der Waals surface area contributed by atoms with Crippen molar-refractivity contribution in [1.82, 2.24) is 4.90 Å². The van der Waals surface area contributed by atoms with E-state index in [9.17, 15) is 14.4 Å². The van der Waals surface area contributed by atoms with E-state index in [1.165, 1.54) is 0 Å². The van der Waals surface area contributed by atoms with Gasteiger partial charge in [-0.15, -0.1) is 0 Å². The van der Waals surface area contributed by atoms with E-state index in [-0.39, 0.29) is 12.7 Å². The number of fused-ring (bicyclic) bond motifs is 1. The normalized spacial score (nSPS) is 13.6. The molecule has 8 heteroatoms. The number of nitrogens with zero attached hydrogens (tertiary/aromatic N) is 1. The molecule has 4 rings (SSSR count). The van der Waals surface area contributed by atoms with Crippen LogP contribution >= 0.6 is 0 Å². The second kappa shape index (κ2) is 12.0. The Morgan fingerprint density at radius 2 is 1.59 bits per heavy atom. The van der Waals surface area contributed by atoms with Gasteiger partial charge in [0.25, 0.3) is 0 Å². The molecule has 3 aromatic carbocycles. The Balaban J connectivity index is 1.49. The van der Waals surface area contributed by atoms with Crippen molar-refractivity contribution in [3.63, 3.8) is 0 Å². The van der Waals surface area contributed by atoms with Crippen molar-refractivity contribution < 1.29 is 33.3 Å². The van der Waals surface area contributed by atoms with Gasteiger partial charge in [-0.2, -0.15) is 0 Å². The molecule has 1 aliphatic heterocycles. The van der Waals surface area contributed by atoms with Gasteiger partial charge >= 0.3 is 18.0 Å². The van der Waals surface area contributed by atoms with Crippen LogP contribution in [0.3, 0.4) is 0 Å². The summed E-state index contributed by atoms with van der Waals surface area (Å²) >= 11 is 0. The van der Waals surface area contributed by atoms with Gasteiger partial charge in [0.15, 0.2) is 0 Å². The van der Waals surface area contributed by atoms with Gasteiger partial charge in [0, 0.05) is 18.7 Å². The molecule has 0 aliphatic carbocycles. The second-order valence-corrected chi connectivity index (χ2v) is 10.2. The predicted octanol–water partition coefficient (Wildman–Crippen LogP) is 5.88. The first-order valence-corrected chi connectivity index (χ1v) is 12.9. The van der Waals surface area contributed by atoms with Crippen LogP contribution in [0.1, 0.15) is 60.8 Å². The van der Waals surface area contributed by atoms with Crippen LogP contribution in [-0.4, -0.2) is 41.7 Å². The molecule has 1 unspecified atom stereocenters. The summed E-state index contributed by atoms with van der Waals surface area (Å²) < 4.78 is 22.4. The van der Waals surface area contributed by atoms with Crippen LogP contribution in [0.2, 0.25) is 0 Å². The summed E-state index contributed by atoms with van der Waals surface area (Å²) in [5.41, 5.74) is 2.44. The molecular weight excluding hydrogens is 498 g/mol. The predicted molar refractivity (Wildman–Crippen MR) is 145 cm³/mol. The van der Waals surface area contributed by atoms with E-state index in [2.05, 4.69) is 0 Å². The Labute approximate surface area is 228 Å². The molecule has 0 N–H and O–H groups in total. The first kappa shape index (κ1) is 27.7. The largest absolute Gasteiger partial charge is 0.474 e. The molecule has 1 amide bonds. The molecule has 0 saturated carbocycles. The van der Waals surface area contributed by atoms with Crippen molar-refractivity contribution in [2.45, 2.75) is 52.4 Å². The summed E-state index contributed by atoms with van der Waals surface area (Å²) in [7, 11) is 0. The molecule has 1 atom stereocenters. The minimum absolute atomic E-state index is 0.195. The highest BCUT2D eigenvalue weighted by molar-refractivity contribution is 5.91. The summed E-state index contributed by atoms with van der Waals surface area (Å²) in [5.74, 6) is -0.209. The Morgan fingerprint density at radius 3 is 2.26 bits per heavy atom. The van der Waals surface area contributed by atoms with E-state index >= 15 is 0 Å². The highest BCUT2D eigenvalue weighted by Crippen LogP contribution is 2.30. The van der Waals surface area contributed by atoms with E-state index in [4.69, 9.17) is 18.9 Å². The van der Waals surface area contributed by atoms with Crippen molar-refractivity contribution in [1.29, 1.82) is 0 Å². The van der Waals surface area contributed by atoms with Gasteiger partial charge in [0.05, 0.1) is 12.2 Å². The molecule has 0 aromatic heterocycles. The average molecular weight is 532 g/mol. The lowest BCUT2D eigenvalue weighted by molar-refractivity contribution is -0.151. The van der Waals surface area contributed by atoms with E-state index < -0.39 is 23.6 Å². The first-order valence-electron chi connectivity index (χ1n) is 12.9. The zero-order valence-corrected chi connectivity index (χ0v) is 22.6. The number of hydrogen-bond donors (Lipinski definition) is 0. The van der Waals surface area contributed by atoms with Crippen LogP contribution in [0.25, 0.3) is 0 Å². The number of esters is 2. The van der Waals surface area contributed by atoms with Gasteiger partial charge in [-0.25, -0.2) is 14.4 Å². The van der Waals surface area contributed by atoms with E-state index in [1.807, 2.05) is 45.0 Å². The number of carbonyl (C=O) groups is 3. The Kier molecular flexibility index (Phi) is 8.54. The Morgan fingerprint density at radius 1 is 0.897 bits per heavy atom. The topological polar surface area (TPSA) is 91.4 Å². The number of benzene rings is 3. The monoisotopic (exact) mass is 531 g/mol. The maximum Gasteiger partial charge on any atom is 0.410 e. The van der Waals surface area contributed by atoms with Gasteiger partial charge in [-0.05, 0) is 81.6 Å². The van der Waals surface area contributed by atoms with Crippen LogP contribution in [0.5, 0.6) is 11.5 Å². The Hall–Kier alpha value is -4.33. The summed E-state index contributed by atoms with van der Waals surface area (Å²) in [6.07, 6.45) is -0.705. The third-order valence-electron chi connectivity index (χ3n) is 6.00. The van der Waals surface area contributed by atoms with Crippen LogP contribution in [0.4, 0.5) is 4.79 Å². The third kappa shape index (κ3) is 7.37. The van der Waals surface area contributed by atoms with E-state index in [0.29, 0.717) is 42.1 Å². The molecule has 0 bridgehead atoms. The summed E-state index contributed by atoms with van der Waals surface area (Å²) in [6.45, 7) is 8.38. The lowest BCUT2D eigenvalue weighted by atomic mass is 9.99. The standard InChI is InChI=1S/C31H33NO7/c1-5-36-29(34)27(22-12-14-25(15-13-22)38-28(33)23-9-7-6-8-10-23)37-26-16-11-21-17-18-32(20-24(21)19-26)30(35)39-31(2,3)4/h6-16,19,27H,5,17-18,20H2,1-4H3. The van der Waals surface area contributed by atoms with Crippen molar-refractivity contribution in [2.75, 3.05) is 13.2 Å². The van der Waals surface area contributed by atoms with Crippen molar-refractivity contribution in [3.8, 4) is 11.5 Å².